The van der Waals surface area contributed by atoms with Gasteiger partial charge in [-0.2, -0.15) is 4.31 Å². The molecular weight excluding hydrogens is 314 g/mol. The van der Waals surface area contributed by atoms with Gasteiger partial charge in [0.15, 0.2) is 0 Å². The Morgan fingerprint density at radius 2 is 2.14 bits per heavy atom. The van der Waals surface area contributed by atoms with Gasteiger partial charge in [-0.15, -0.1) is 11.3 Å². The second-order valence-corrected chi connectivity index (χ2v) is 8.95. The average molecular weight is 331 g/mol. The molecule has 0 spiro atoms. The zero-order valence-corrected chi connectivity index (χ0v) is 13.4. The van der Waals surface area contributed by atoms with Gasteiger partial charge in [-0.05, 0) is 19.9 Å². The zero-order valence-electron chi connectivity index (χ0n) is 11.8. The van der Waals surface area contributed by atoms with Crippen LogP contribution in [0.15, 0.2) is 11.0 Å². The molecule has 3 atom stereocenters. The third kappa shape index (κ3) is 2.40. The van der Waals surface area contributed by atoms with Crippen molar-refractivity contribution in [2.24, 2.45) is 11.8 Å². The van der Waals surface area contributed by atoms with E-state index >= 15 is 0 Å². The molecule has 1 aromatic rings. The molecule has 2 aliphatic heterocycles. The van der Waals surface area contributed by atoms with E-state index in [0.29, 0.717) is 4.90 Å². The maximum atomic E-state index is 12.7. The molecule has 1 aromatic heterocycles. The molecule has 3 rings (SSSR count). The lowest BCUT2D eigenvalue weighted by Crippen LogP contribution is -2.32. The van der Waals surface area contributed by atoms with Crippen LogP contribution in [0.2, 0.25) is 0 Å². The number of rotatable bonds is 3. The van der Waals surface area contributed by atoms with E-state index in [0.717, 1.165) is 9.75 Å². The molecular formula is C13H17NO5S2. The zero-order chi connectivity index (χ0) is 15.4. The van der Waals surface area contributed by atoms with Gasteiger partial charge < -0.3 is 9.84 Å². The van der Waals surface area contributed by atoms with Crippen molar-refractivity contribution in [2.75, 3.05) is 19.7 Å². The first-order chi connectivity index (χ1) is 9.80. The largest absolute Gasteiger partial charge is 0.481 e. The van der Waals surface area contributed by atoms with Gasteiger partial charge in [0.1, 0.15) is 0 Å². The molecule has 116 valence electrons. The molecule has 0 saturated carbocycles. The Morgan fingerprint density at radius 3 is 2.71 bits per heavy atom. The number of nitrogens with zero attached hydrogens (tertiary/aromatic N) is 1. The highest BCUT2D eigenvalue weighted by Crippen LogP contribution is 2.37. The molecule has 2 fully saturated rings. The van der Waals surface area contributed by atoms with Gasteiger partial charge in [-0.25, -0.2) is 8.42 Å². The number of sulfonamides is 1. The number of carbonyl (C=O) groups is 1. The molecule has 2 aliphatic rings. The van der Waals surface area contributed by atoms with Crippen LogP contribution >= 0.6 is 11.3 Å². The summed E-state index contributed by atoms with van der Waals surface area (Å²) in [5, 5.41) is 9.17. The molecule has 0 amide bonds. The lowest BCUT2D eigenvalue weighted by Gasteiger charge is -2.18. The number of fused-ring (bicyclic) bond motifs is 1. The number of aryl methyl sites for hydroxylation is 2. The summed E-state index contributed by atoms with van der Waals surface area (Å²) in [6, 6.07) is 1.68. The van der Waals surface area contributed by atoms with E-state index in [1.54, 1.807) is 13.0 Å². The van der Waals surface area contributed by atoms with E-state index in [4.69, 9.17) is 9.84 Å². The Labute approximate surface area is 127 Å². The summed E-state index contributed by atoms with van der Waals surface area (Å²) in [5.74, 6) is -1.78. The molecule has 0 unspecified atom stereocenters. The van der Waals surface area contributed by atoms with Crippen molar-refractivity contribution in [3.63, 3.8) is 0 Å². The molecule has 0 aromatic carbocycles. The number of carboxylic acid groups (broad SMARTS) is 1. The van der Waals surface area contributed by atoms with Crippen molar-refractivity contribution in [1.82, 2.24) is 4.31 Å². The lowest BCUT2D eigenvalue weighted by atomic mass is 9.94. The molecule has 21 heavy (non-hydrogen) atoms. The third-order valence-corrected chi connectivity index (χ3v) is 7.27. The van der Waals surface area contributed by atoms with Gasteiger partial charge in [0.05, 0.1) is 23.5 Å². The van der Waals surface area contributed by atoms with Crippen LogP contribution in [0.4, 0.5) is 0 Å². The van der Waals surface area contributed by atoms with E-state index in [1.807, 2.05) is 6.92 Å². The molecule has 0 aliphatic carbocycles. The van der Waals surface area contributed by atoms with Crippen molar-refractivity contribution in [3.8, 4) is 0 Å². The SMILES string of the molecule is Cc1cc(S(=O)(=O)N2C[C@@H]3[C@H](C2)OC[C@@H]3C(=O)O)c(C)s1. The minimum Gasteiger partial charge on any atom is -0.481 e. The number of hydrogen-bond acceptors (Lipinski definition) is 5. The third-order valence-electron chi connectivity index (χ3n) is 4.21. The van der Waals surface area contributed by atoms with Crippen molar-refractivity contribution >= 4 is 27.3 Å². The van der Waals surface area contributed by atoms with E-state index in [9.17, 15) is 13.2 Å². The summed E-state index contributed by atoms with van der Waals surface area (Å²) >= 11 is 1.45. The number of hydrogen-bond donors (Lipinski definition) is 1. The summed E-state index contributed by atoms with van der Waals surface area (Å²) in [6.45, 7) is 4.30. The van der Waals surface area contributed by atoms with Gasteiger partial charge in [-0.1, -0.05) is 0 Å². The number of carboxylic acids is 1. The van der Waals surface area contributed by atoms with Gasteiger partial charge in [0, 0.05) is 28.8 Å². The van der Waals surface area contributed by atoms with E-state index in [2.05, 4.69) is 0 Å². The molecule has 2 saturated heterocycles. The van der Waals surface area contributed by atoms with Crippen molar-refractivity contribution in [3.05, 3.63) is 15.8 Å². The Balaban J connectivity index is 1.86. The number of thiophene rings is 1. The maximum absolute atomic E-state index is 12.7. The standard InChI is InChI=1S/C13H17NO5S2/c1-7-3-12(8(2)20-7)21(17,18)14-4-9-10(13(15)16)6-19-11(9)5-14/h3,9-11H,4-6H2,1-2H3,(H,15,16)/t9-,10-,11-/m0/s1. The summed E-state index contributed by atoms with van der Waals surface area (Å²) in [7, 11) is -3.57. The number of aliphatic carboxylic acids is 1. The first-order valence-corrected chi connectivity index (χ1v) is 8.98. The van der Waals surface area contributed by atoms with Crippen LogP contribution in [-0.4, -0.2) is 49.6 Å². The highest BCUT2D eigenvalue weighted by Gasteiger charge is 2.50. The van der Waals surface area contributed by atoms with Crippen molar-refractivity contribution in [1.29, 1.82) is 0 Å². The lowest BCUT2D eigenvalue weighted by molar-refractivity contribution is -0.142. The highest BCUT2D eigenvalue weighted by molar-refractivity contribution is 7.89. The second kappa shape index (κ2) is 5.05. The first-order valence-electron chi connectivity index (χ1n) is 6.72. The quantitative estimate of drug-likeness (QED) is 0.896. The topological polar surface area (TPSA) is 83.9 Å². The summed E-state index contributed by atoms with van der Waals surface area (Å²) < 4.78 is 32.2. The Hall–Kier alpha value is -0.960. The van der Waals surface area contributed by atoms with Gasteiger partial charge >= 0.3 is 5.97 Å². The monoisotopic (exact) mass is 331 g/mol. The smallest absolute Gasteiger partial charge is 0.309 e. The van der Waals surface area contributed by atoms with E-state index in [-0.39, 0.29) is 31.7 Å². The van der Waals surface area contributed by atoms with Gasteiger partial charge in [0.2, 0.25) is 10.0 Å². The Morgan fingerprint density at radius 1 is 1.43 bits per heavy atom. The molecule has 8 heteroatoms. The minimum absolute atomic E-state index is 0.176. The van der Waals surface area contributed by atoms with E-state index < -0.39 is 21.9 Å². The fourth-order valence-corrected chi connectivity index (χ4v) is 6.14. The highest BCUT2D eigenvalue weighted by atomic mass is 32.2. The van der Waals surface area contributed by atoms with Crippen LogP contribution in [-0.2, 0) is 19.6 Å². The second-order valence-electron chi connectivity index (χ2n) is 5.58. The molecule has 0 bridgehead atoms. The van der Waals surface area contributed by atoms with Crippen LogP contribution in [0.3, 0.4) is 0 Å². The molecule has 3 heterocycles. The Kier molecular flexibility index (Phi) is 3.59. The van der Waals surface area contributed by atoms with Crippen LogP contribution < -0.4 is 0 Å². The van der Waals surface area contributed by atoms with Crippen LogP contribution in [0.25, 0.3) is 0 Å². The normalized spacial score (nSPS) is 29.7. The van der Waals surface area contributed by atoms with Crippen molar-refractivity contribution < 1.29 is 23.1 Å². The fourth-order valence-electron chi connectivity index (χ4n) is 3.13. The van der Waals surface area contributed by atoms with Crippen LogP contribution in [0.1, 0.15) is 9.75 Å². The minimum atomic E-state index is -3.57. The summed E-state index contributed by atoms with van der Waals surface area (Å²) in [5.41, 5.74) is 0. The maximum Gasteiger partial charge on any atom is 0.309 e. The summed E-state index contributed by atoms with van der Waals surface area (Å²) in [4.78, 5) is 13.2. The van der Waals surface area contributed by atoms with Crippen molar-refractivity contribution in [2.45, 2.75) is 24.8 Å². The molecule has 0 radical (unpaired) electrons. The molecule has 1 N–H and O–H groups in total. The summed E-state index contributed by atoms with van der Waals surface area (Å²) in [6.07, 6.45) is -0.305. The first kappa shape index (κ1) is 15.0. The van der Waals surface area contributed by atoms with Crippen LogP contribution in [0, 0.1) is 25.7 Å². The van der Waals surface area contributed by atoms with Gasteiger partial charge in [0.25, 0.3) is 0 Å². The average Bonchev–Trinajstić information content (AvgIpc) is 3.01. The number of ether oxygens (including phenoxy) is 1. The predicted molar refractivity (Wildman–Crippen MR) is 76.9 cm³/mol. The fraction of sp³-hybridized carbons (Fsp3) is 0.615. The van der Waals surface area contributed by atoms with Crippen LogP contribution in [0.5, 0.6) is 0 Å². The Bertz CT molecular complexity index is 681. The van der Waals surface area contributed by atoms with Gasteiger partial charge in [-0.3, -0.25) is 4.79 Å². The molecule has 6 nitrogen and oxygen atoms in total. The predicted octanol–water partition coefficient (Wildman–Crippen LogP) is 1.09. The van der Waals surface area contributed by atoms with E-state index in [1.165, 1.54) is 15.6 Å².